The van der Waals surface area contributed by atoms with Crippen molar-refractivity contribution in [2.75, 3.05) is 6.61 Å². The molecule has 0 fully saturated rings. The van der Waals surface area contributed by atoms with Gasteiger partial charge in [-0.1, -0.05) is 0 Å². The van der Waals surface area contributed by atoms with E-state index < -0.39 is 5.97 Å². The monoisotopic (exact) mass is 365 g/mol. The van der Waals surface area contributed by atoms with Crippen LogP contribution in [0, 0.1) is 20.8 Å². The van der Waals surface area contributed by atoms with Crippen molar-refractivity contribution in [3.63, 3.8) is 0 Å². The van der Waals surface area contributed by atoms with Crippen molar-refractivity contribution in [1.29, 1.82) is 0 Å². The fraction of sp³-hybridized carbons (Fsp3) is 0.381. The molecule has 3 aromatic rings. The Morgan fingerprint density at radius 1 is 1.22 bits per heavy atom. The zero-order chi connectivity index (χ0) is 19.1. The van der Waals surface area contributed by atoms with Crippen LogP contribution >= 0.6 is 0 Å². The maximum atomic E-state index is 12.2. The van der Waals surface area contributed by atoms with Gasteiger partial charge in [0.05, 0.1) is 18.8 Å². The second-order valence-corrected chi connectivity index (χ2v) is 7.03. The van der Waals surface area contributed by atoms with Crippen molar-refractivity contribution >= 4 is 5.97 Å². The van der Waals surface area contributed by atoms with Crippen molar-refractivity contribution in [3.8, 4) is 11.3 Å². The highest BCUT2D eigenvalue weighted by molar-refractivity contribution is 5.91. The number of fused-ring (bicyclic) bond motifs is 3. The van der Waals surface area contributed by atoms with Crippen LogP contribution in [-0.2, 0) is 24.1 Å². The number of hydrogen-bond donors (Lipinski definition) is 0. The molecule has 27 heavy (non-hydrogen) atoms. The summed E-state index contributed by atoms with van der Waals surface area (Å²) in [5.74, 6) is 0.710. The Kier molecular flexibility index (Phi) is 4.34. The van der Waals surface area contributed by atoms with E-state index in [9.17, 15) is 4.79 Å². The Morgan fingerprint density at radius 2 is 1.96 bits per heavy atom. The van der Waals surface area contributed by atoms with Gasteiger partial charge in [-0.2, -0.15) is 5.10 Å². The van der Waals surface area contributed by atoms with Crippen LogP contribution in [0.1, 0.15) is 51.3 Å². The van der Waals surface area contributed by atoms with Gasteiger partial charge in [-0.05, 0) is 57.4 Å². The Balaban J connectivity index is 1.70. The molecule has 0 aromatic carbocycles. The number of pyridine rings is 1. The molecular formula is C21H23N3O3. The van der Waals surface area contributed by atoms with Crippen LogP contribution in [0.2, 0.25) is 0 Å². The van der Waals surface area contributed by atoms with E-state index in [1.807, 2.05) is 25.5 Å². The first kappa shape index (κ1) is 17.5. The average Bonchev–Trinajstić information content (AvgIpc) is 3.14. The number of nitrogens with zero attached hydrogens (tertiary/aromatic N) is 3. The summed E-state index contributed by atoms with van der Waals surface area (Å²) in [7, 11) is 0. The van der Waals surface area contributed by atoms with Gasteiger partial charge in [0.15, 0.2) is 0 Å². The zero-order valence-electron chi connectivity index (χ0n) is 16.1. The summed E-state index contributed by atoms with van der Waals surface area (Å²) < 4.78 is 12.9. The largest absolute Gasteiger partial charge is 0.460 e. The molecule has 6 nitrogen and oxygen atoms in total. The SMILES string of the molecule is CCOC(=O)c1oc2c(c1C)-c1nn(Cc3cc(C)nc(C)c3)cc1CC2. The normalized spacial score (nSPS) is 12.6. The first-order valence-corrected chi connectivity index (χ1v) is 9.26. The maximum Gasteiger partial charge on any atom is 0.374 e. The van der Waals surface area contributed by atoms with Gasteiger partial charge in [-0.15, -0.1) is 0 Å². The molecule has 0 aliphatic heterocycles. The van der Waals surface area contributed by atoms with Gasteiger partial charge in [0.25, 0.3) is 0 Å². The third-order valence-corrected chi connectivity index (χ3v) is 4.86. The Labute approximate surface area is 158 Å². The van der Waals surface area contributed by atoms with Crippen LogP contribution in [-0.4, -0.2) is 27.3 Å². The molecule has 0 amide bonds. The number of carbonyl (C=O) groups is 1. The molecule has 3 heterocycles. The van der Waals surface area contributed by atoms with E-state index in [1.165, 1.54) is 11.1 Å². The molecule has 0 saturated heterocycles. The van der Waals surface area contributed by atoms with Gasteiger partial charge in [0, 0.05) is 35.1 Å². The average molecular weight is 365 g/mol. The second-order valence-electron chi connectivity index (χ2n) is 7.03. The number of esters is 1. The number of hydrogen-bond acceptors (Lipinski definition) is 5. The van der Waals surface area contributed by atoms with E-state index in [0.717, 1.165) is 46.8 Å². The quantitative estimate of drug-likeness (QED) is 0.658. The lowest BCUT2D eigenvalue weighted by atomic mass is 9.94. The molecule has 0 spiro atoms. The van der Waals surface area contributed by atoms with E-state index in [1.54, 1.807) is 6.92 Å². The van der Waals surface area contributed by atoms with Crippen molar-refractivity contribution in [2.24, 2.45) is 0 Å². The smallest absolute Gasteiger partial charge is 0.374 e. The number of rotatable bonds is 4. The summed E-state index contributed by atoms with van der Waals surface area (Å²) >= 11 is 0. The Hall–Kier alpha value is -2.89. The zero-order valence-corrected chi connectivity index (χ0v) is 16.1. The lowest BCUT2D eigenvalue weighted by Gasteiger charge is -2.09. The summed E-state index contributed by atoms with van der Waals surface area (Å²) in [6.07, 6.45) is 3.72. The molecule has 4 rings (SSSR count). The van der Waals surface area contributed by atoms with Gasteiger partial charge in [0.2, 0.25) is 5.76 Å². The van der Waals surface area contributed by atoms with Crippen molar-refractivity contribution < 1.29 is 13.9 Å². The van der Waals surface area contributed by atoms with Crippen molar-refractivity contribution in [2.45, 2.75) is 47.1 Å². The molecule has 0 atom stereocenters. The first-order chi connectivity index (χ1) is 13.0. The molecule has 6 heteroatoms. The fourth-order valence-electron chi connectivity index (χ4n) is 3.84. The van der Waals surface area contributed by atoms with Crippen LogP contribution in [0.5, 0.6) is 0 Å². The minimum absolute atomic E-state index is 0.296. The van der Waals surface area contributed by atoms with Gasteiger partial charge in [0.1, 0.15) is 5.76 Å². The summed E-state index contributed by atoms with van der Waals surface area (Å²) in [4.78, 5) is 16.6. The minimum Gasteiger partial charge on any atom is -0.460 e. The highest BCUT2D eigenvalue weighted by Gasteiger charge is 2.30. The van der Waals surface area contributed by atoms with Crippen LogP contribution in [0.25, 0.3) is 11.3 Å². The Bertz CT molecular complexity index is 1010. The highest BCUT2D eigenvalue weighted by atomic mass is 16.5. The molecule has 140 valence electrons. The molecule has 1 aliphatic carbocycles. The number of aromatic nitrogens is 3. The van der Waals surface area contributed by atoms with Crippen molar-refractivity contribution in [3.05, 3.63) is 57.9 Å². The molecule has 0 N–H and O–H groups in total. The Morgan fingerprint density at radius 3 is 2.67 bits per heavy atom. The van der Waals surface area contributed by atoms with Gasteiger partial charge >= 0.3 is 5.97 Å². The third kappa shape index (κ3) is 3.16. The van der Waals surface area contributed by atoms with E-state index in [0.29, 0.717) is 18.9 Å². The molecule has 3 aromatic heterocycles. The lowest BCUT2D eigenvalue weighted by Crippen LogP contribution is -2.05. The molecule has 1 aliphatic rings. The van der Waals surface area contributed by atoms with Gasteiger partial charge in [-0.25, -0.2) is 4.79 Å². The standard InChI is InChI=1S/C21H23N3O3/c1-5-26-21(25)20-14(4)18-17(27-20)7-6-16-11-24(23-19(16)18)10-15-8-12(2)22-13(3)9-15/h8-9,11H,5-7,10H2,1-4H3. The van der Waals surface area contributed by atoms with Gasteiger partial charge < -0.3 is 9.15 Å². The van der Waals surface area contributed by atoms with Gasteiger partial charge in [-0.3, -0.25) is 9.67 Å². The summed E-state index contributed by atoms with van der Waals surface area (Å²) in [6.45, 7) is 8.71. The van der Waals surface area contributed by atoms with E-state index >= 15 is 0 Å². The van der Waals surface area contributed by atoms with Crippen LogP contribution < -0.4 is 0 Å². The maximum absolute atomic E-state index is 12.2. The first-order valence-electron chi connectivity index (χ1n) is 9.26. The highest BCUT2D eigenvalue weighted by Crippen LogP contribution is 2.38. The van der Waals surface area contributed by atoms with Crippen LogP contribution in [0.3, 0.4) is 0 Å². The molecular weight excluding hydrogens is 342 g/mol. The molecule has 0 radical (unpaired) electrons. The predicted octanol–water partition coefficient (Wildman–Crippen LogP) is 3.79. The number of ether oxygens (including phenoxy) is 1. The van der Waals surface area contributed by atoms with Crippen LogP contribution in [0.15, 0.2) is 22.7 Å². The topological polar surface area (TPSA) is 70.2 Å². The summed E-state index contributed by atoms with van der Waals surface area (Å²) in [5.41, 5.74) is 7.05. The minimum atomic E-state index is -0.409. The lowest BCUT2D eigenvalue weighted by molar-refractivity contribution is 0.0487. The van der Waals surface area contributed by atoms with E-state index in [-0.39, 0.29) is 0 Å². The van der Waals surface area contributed by atoms with E-state index in [2.05, 4.69) is 23.3 Å². The second kappa shape index (κ2) is 6.68. The van der Waals surface area contributed by atoms with E-state index in [4.69, 9.17) is 14.3 Å². The number of aryl methyl sites for hydroxylation is 4. The number of furan rings is 1. The molecule has 0 unspecified atom stereocenters. The molecule has 0 bridgehead atoms. The third-order valence-electron chi connectivity index (χ3n) is 4.86. The molecule has 0 saturated carbocycles. The predicted molar refractivity (Wildman–Crippen MR) is 101 cm³/mol. The summed E-state index contributed by atoms with van der Waals surface area (Å²) in [6, 6.07) is 4.17. The summed E-state index contributed by atoms with van der Waals surface area (Å²) in [5, 5.41) is 4.81. The van der Waals surface area contributed by atoms with Crippen molar-refractivity contribution in [1.82, 2.24) is 14.8 Å². The fourth-order valence-corrected chi connectivity index (χ4v) is 3.84. The van der Waals surface area contributed by atoms with Crippen LogP contribution in [0.4, 0.5) is 0 Å². The number of carbonyl (C=O) groups excluding carboxylic acids is 1.